The summed E-state index contributed by atoms with van der Waals surface area (Å²) in [6.45, 7) is 1.91. The van der Waals surface area contributed by atoms with Gasteiger partial charge in [0.2, 0.25) is 0 Å². The summed E-state index contributed by atoms with van der Waals surface area (Å²) in [7, 11) is -4.63. The van der Waals surface area contributed by atoms with E-state index in [0.717, 1.165) is 32.1 Å². The van der Waals surface area contributed by atoms with E-state index in [1.54, 1.807) is 0 Å². The Bertz CT molecular complexity index is 301. The van der Waals surface area contributed by atoms with Crippen LogP contribution >= 0.6 is 0 Å². The van der Waals surface area contributed by atoms with Crippen molar-refractivity contribution in [2.45, 2.75) is 45.4 Å². The third kappa shape index (κ3) is 6.62. The fourth-order valence-electron chi connectivity index (χ4n) is 1.35. The van der Waals surface area contributed by atoms with Crippen LogP contribution in [0.1, 0.15) is 45.4 Å². The molecule has 0 aliphatic carbocycles. The average Bonchev–Trinajstić information content (AvgIpc) is 2.13. The van der Waals surface area contributed by atoms with Crippen molar-refractivity contribution in [1.29, 1.82) is 0 Å². The van der Waals surface area contributed by atoms with Crippen molar-refractivity contribution in [2.24, 2.45) is 0 Å². The largest absolute Gasteiger partial charge is 0.464 e. The van der Waals surface area contributed by atoms with Gasteiger partial charge in [-0.05, 0) is 6.42 Å². The van der Waals surface area contributed by atoms with Gasteiger partial charge in [0.25, 0.3) is 0 Å². The van der Waals surface area contributed by atoms with Crippen LogP contribution in [0.25, 0.3) is 0 Å². The Balaban J connectivity index is 3.84. The number of amides is 1. The highest BCUT2D eigenvalue weighted by atomic mass is 32.2. The lowest BCUT2D eigenvalue weighted by Gasteiger charge is -2.14. The molecule has 0 heterocycles. The number of carboxylic acid groups (broad SMARTS) is 1. The maximum absolute atomic E-state index is 10.6. The third-order valence-electron chi connectivity index (χ3n) is 2.21. The molecular formula is C9H19NO5S. The average molecular weight is 253 g/mol. The molecule has 1 amide bonds. The minimum atomic E-state index is -4.63. The normalized spacial score (nSPS) is 11.4. The molecule has 0 radical (unpaired) electrons. The molecule has 16 heavy (non-hydrogen) atoms. The molecule has 0 spiro atoms. The molecule has 0 unspecified atom stereocenters. The molecule has 2 N–H and O–H groups in total. The van der Waals surface area contributed by atoms with E-state index in [0.29, 0.717) is 6.42 Å². The standard InChI is InChI=1S/C9H19NO5S/c1-2-3-4-5-6-7-8-10(9(11)12)16(13,14)15/h2-8H2,1H3,(H,11,12)(H,13,14,15). The summed E-state index contributed by atoms with van der Waals surface area (Å²) in [6.07, 6.45) is 3.82. The molecule has 0 atom stereocenters. The third-order valence-corrected chi connectivity index (χ3v) is 3.10. The quantitative estimate of drug-likeness (QED) is 0.510. The smallest absolute Gasteiger partial charge is 0.422 e. The maximum atomic E-state index is 10.6. The number of unbranched alkanes of at least 4 members (excludes halogenated alkanes) is 5. The first kappa shape index (κ1) is 15.2. The van der Waals surface area contributed by atoms with Gasteiger partial charge in [-0.15, -0.1) is 0 Å². The maximum Gasteiger partial charge on any atom is 0.422 e. The predicted molar refractivity (Wildman–Crippen MR) is 59.7 cm³/mol. The van der Waals surface area contributed by atoms with Gasteiger partial charge in [0.05, 0.1) is 0 Å². The van der Waals surface area contributed by atoms with Crippen LogP contribution in [-0.4, -0.2) is 35.0 Å². The number of carbonyl (C=O) groups is 1. The predicted octanol–water partition coefficient (Wildman–Crippen LogP) is 2.13. The molecule has 0 bridgehead atoms. The molecule has 0 fully saturated rings. The Kier molecular flexibility index (Phi) is 7.07. The molecular weight excluding hydrogens is 234 g/mol. The van der Waals surface area contributed by atoms with Crippen LogP contribution in [-0.2, 0) is 10.3 Å². The summed E-state index contributed by atoms with van der Waals surface area (Å²) in [4.78, 5) is 10.5. The summed E-state index contributed by atoms with van der Waals surface area (Å²) in [5, 5.41) is 8.54. The first-order chi connectivity index (χ1) is 7.39. The summed E-state index contributed by atoms with van der Waals surface area (Å²) in [6, 6.07) is 0. The van der Waals surface area contributed by atoms with E-state index in [4.69, 9.17) is 9.66 Å². The lowest BCUT2D eigenvalue weighted by atomic mass is 10.1. The van der Waals surface area contributed by atoms with Crippen LogP contribution in [0.3, 0.4) is 0 Å². The van der Waals surface area contributed by atoms with E-state index >= 15 is 0 Å². The first-order valence-electron chi connectivity index (χ1n) is 5.37. The van der Waals surface area contributed by atoms with Crippen molar-refractivity contribution < 1.29 is 22.9 Å². The zero-order valence-electron chi connectivity index (χ0n) is 9.42. The first-order valence-corrected chi connectivity index (χ1v) is 6.77. The highest BCUT2D eigenvalue weighted by Gasteiger charge is 2.23. The van der Waals surface area contributed by atoms with Gasteiger partial charge in [-0.1, -0.05) is 39.0 Å². The Morgan fingerprint density at radius 3 is 2.06 bits per heavy atom. The van der Waals surface area contributed by atoms with Gasteiger partial charge in [-0.3, -0.25) is 4.55 Å². The van der Waals surface area contributed by atoms with Crippen LogP contribution in [0.15, 0.2) is 0 Å². The van der Waals surface area contributed by atoms with E-state index in [2.05, 4.69) is 6.92 Å². The van der Waals surface area contributed by atoms with Crippen LogP contribution in [0.4, 0.5) is 4.79 Å². The Labute approximate surface area is 96.1 Å². The zero-order valence-corrected chi connectivity index (χ0v) is 10.2. The van der Waals surface area contributed by atoms with Gasteiger partial charge in [-0.2, -0.15) is 12.7 Å². The van der Waals surface area contributed by atoms with E-state index in [9.17, 15) is 13.2 Å². The van der Waals surface area contributed by atoms with Crippen LogP contribution in [0, 0.1) is 0 Å². The molecule has 0 aliphatic rings. The molecule has 0 saturated heterocycles. The summed E-state index contributed by atoms with van der Waals surface area (Å²) >= 11 is 0. The summed E-state index contributed by atoms with van der Waals surface area (Å²) in [5.74, 6) is 0. The minimum absolute atomic E-state index is 0.0623. The summed E-state index contributed by atoms with van der Waals surface area (Å²) in [5.41, 5.74) is 0. The summed E-state index contributed by atoms with van der Waals surface area (Å²) < 4.78 is 29.9. The van der Waals surface area contributed by atoms with Crippen molar-refractivity contribution in [3.8, 4) is 0 Å². The molecule has 7 heteroatoms. The highest BCUT2D eigenvalue weighted by Crippen LogP contribution is 2.07. The molecule has 0 saturated carbocycles. The van der Waals surface area contributed by atoms with E-state index in [-0.39, 0.29) is 10.8 Å². The van der Waals surface area contributed by atoms with Crippen molar-refractivity contribution in [1.82, 2.24) is 4.31 Å². The van der Waals surface area contributed by atoms with Gasteiger partial charge < -0.3 is 5.11 Å². The second-order valence-electron chi connectivity index (χ2n) is 3.60. The van der Waals surface area contributed by atoms with Gasteiger partial charge in [0.1, 0.15) is 0 Å². The van der Waals surface area contributed by atoms with Crippen LogP contribution in [0.2, 0.25) is 0 Å². The molecule has 0 aromatic rings. The van der Waals surface area contributed by atoms with Crippen molar-refractivity contribution in [3.05, 3.63) is 0 Å². The molecule has 0 aromatic carbocycles. The second-order valence-corrected chi connectivity index (χ2v) is 4.94. The second kappa shape index (κ2) is 7.45. The van der Waals surface area contributed by atoms with E-state index in [1.165, 1.54) is 0 Å². The van der Waals surface area contributed by atoms with E-state index in [1.807, 2.05) is 0 Å². The molecule has 0 aliphatic heterocycles. The Morgan fingerprint density at radius 1 is 1.12 bits per heavy atom. The van der Waals surface area contributed by atoms with Gasteiger partial charge in [-0.25, -0.2) is 4.79 Å². The molecule has 0 aromatic heterocycles. The number of nitrogens with zero attached hydrogens (tertiary/aromatic N) is 1. The molecule has 96 valence electrons. The number of rotatable bonds is 8. The van der Waals surface area contributed by atoms with Crippen molar-refractivity contribution >= 4 is 16.4 Å². The Hall–Kier alpha value is -0.820. The highest BCUT2D eigenvalue weighted by molar-refractivity contribution is 7.83. The van der Waals surface area contributed by atoms with Gasteiger partial charge in [0, 0.05) is 6.54 Å². The topological polar surface area (TPSA) is 94.9 Å². The number of hydrogen-bond acceptors (Lipinski definition) is 3. The van der Waals surface area contributed by atoms with Crippen molar-refractivity contribution in [2.75, 3.05) is 6.54 Å². The fourth-order valence-corrected chi connectivity index (χ4v) is 1.90. The SMILES string of the molecule is CCCCCCCCN(C(=O)O)S(=O)(=O)O. The van der Waals surface area contributed by atoms with Crippen LogP contribution < -0.4 is 0 Å². The van der Waals surface area contributed by atoms with Crippen LogP contribution in [0.5, 0.6) is 0 Å². The molecule has 6 nitrogen and oxygen atoms in total. The van der Waals surface area contributed by atoms with Crippen molar-refractivity contribution in [3.63, 3.8) is 0 Å². The zero-order chi connectivity index (χ0) is 12.6. The van der Waals surface area contributed by atoms with Gasteiger partial charge >= 0.3 is 16.4 Å². The Morgan fingerprint density at radius 2 is 1.62 bits per heavy atom. The van der Waals surface area contributed by atoms with E-state index < -0.39 is 16.4 Å². The van der Waals surface area contributed by atoms with Gasteiger partial charge in [0.15, 0.2) is 0 Å². The fraction of sp³-hybridized carbons (Fsp3) is 0.889. The lowest BCUT2D eigenvalue weighted by Crippen LogP contribution is -2.35. The number of hydrogen-bond donors (Lipinski definition) is 2. The minimum Gasteiger partial charge on any atom is -0.464 e. The molecule has 0 rings (SSSR count). The lowest BCUT2D eigenvalue weighted by molar-refractivity contribution is 0.168. The monoisotopic (exact) mass is 253 g/mol.